The minimum atomic E-state index is 0. The fraction of sp³-hybridized carbons (Fsp3) is 0.316. The Labute approximate surface area is 168 Å². The SMILES string of the molecule is Cl.O=C(c1cccs1)N1CCCN(Cc2noc(-c3ccccc3)n2)CC1. The number of nitrogens with zero attached hydrogens (tertiary/aromatic N) is 4. The van der Waals surface area contributed by atoms with Crippen molar-refractivity contribution in [1.82, 2.24) is 19.9 Å². The molecule has 3 heterocycles. The molecule has 1 fully saturated rings. The number of carbonyl (C=O) groups is 1. The second-order valence-electron chi connectivity index (χ2n) is 6.28. The maximum atomic E-state index is 12.5. The molecule has 142 valence electrons. The molecule has 1 aliphatic rings. The van der Waals surface area contributed by atoms with Gasteiger partial charge in [-0.15, -0.1) is 23.7 Å². The Hall–Kier alpha value is -2.22. The maximum Gasteiger partial charge on any atom is 0.263 e. The van der Waals surface area contributed by atoms with E-state index in [2.05, 4.69) is 15.0 Å². The van der Waals surface area contributed by atoms with Crippen molar-refractivity contribution in [3.63, 3.8) is 0 Å². The minimum absolute atomic E-state index is 0. The van der Waals surface area contributed by atoms with Crippen molar-refractivity contribution in [2.24, 2.45) is 0 Å². The Morgan fingerprint density at radius 3 is 2.70 bits per heavy atom. The van der Waals surface area contributed by atoms with Crippen molar-refractivity contribution in [3.8, 4) is 11.5 Å². The summed E-state index contributed by atoms with van der Waals surface area (Å²) in [6, 6.07) is 13.6. The van der Waals surface area contributed by atoms with Crippen LogP contribution < -0.4 is 0 Å². The van der Waals surface area contributed by atoms with Crippen molar-refractivity contribution in [2.45, 2.75) is 13.0 Å². The molecule has 0 unspecified atom stereocenters. The lowest BCUT2D eigenvalue weighted by Gasteiger charge is -2.20. The Morgan fingerprint density at radius 2 is 1.93 bits per heavy atom. The van der Waals surface area contributed by atoms with E-state index in [9.17, 15) is 4.79 Å². The number of amides is 1. The number of hydrogen-bond acceptors (Lipinski definition) is 6. The van der Waals surface area contributed by atoms with Gasteiger partial charge in [-0.3, -0.25) is 9.69 Å². The third kappa shape index (κ3) is 4.74. The molecule has 0 radical (unpaired) electrons. The lowest BCUT2D eigenvalue weighted by atomic mass is 10.2. The number of carbonyl (C=O) groups excluding carboxylic acids is 1. The van der Waals surface area contributed by atoms with Gasteiger partial charge < -0.3 is 9.42 Å². The molecule has 1 amide bonds. The zero-order valence-corrected chi connectivity index (χ0v) is 16.4. The van der Waals surface area contributed by atoms with Crippen LogP contribution >= 0.6 is 23.7 Å². The number of hydrogen-bond donors (Lipinski definition) is 0. The molecule has 0 spiro atoms. The molecule has 1 aromatic carbocycles. The highest BCUT2D eigenvalue weighted by Gasteiger charge is 2.22. The highest BCUT2D eigenvalue weighted by Crippen LogP contribution is 2.18. The molecule has 8 heteroatoms. The molecule has 0 N–H and O–H groups in total. The number of benzene rings is 1. The second kappa shape index (κ2) is 9.12. The van der Waals surface area contributed by atoms with E-state index < -0.39 is 0 Å². The molecule has 0 bridgehead atoms. The van der Waals surface area contributed by atoms with E-state index in [1.807, 2.05) is 52.7 Å². The smallest absolute Gasteiger partial charge is 0.263 e. The van der Waals surface area contributed by atoms with Crippen LogP contribution in [0.25, 0.3) is 11.5 Å². The predicted octanol–water partition coefficient (Wildman–Crippen LogP) is 3.57. The van der Waals surface area contributed by atoms with Gasteiger partial charge in [0, 0.05) is 31.7 Å². The first-order valence-electron chi connectivity index (χ1n) is 8.73. The van der Waals surface area contributed by atoms with Crippen molar-refractivity contribution in [3.05, 3.63) is 58.5 Å². The van der Waals surface area contributed by atoms with Crippen molar-refractivity contribution in [1.29, 1.82) is 0 Å². The van der Waals surface area contributed by atoms with Gasteiger partial charge in [-0.1, -0.05) is 29.4 Å². The third-order valence-corrected chi connectivity index (χ3v) is 5.32. The Kier molecular flexibility index (Phi) is 6.60. The van der Waals surface area contributed by atoms with Crippen LogP contribution in [-0.4, -0.2) is 52.0 Å². The van der Waals surface area contributed by atoms with Crippen molar-refractivity contribution >= 4 is 29.7 Å². The molecule has 4 rings (SSSR count). The summed E-state index contributed by atoms with van der Waals surface area (Å²) in [6.07, 6.45) is 0.945. The summed E-state index contributed by atoms with van der Waals surface area (Å²) >= 11 is 1.50. The van der Waals surface area contributed by atoms with Crippen LogP contribution in [0.1, 0.15) is 21.9 Å². The second-order valence-corrected chi connectivity index (χ2v) is 7.23. The van der Waals surface area contributed by atoms with Crippen LogP contribution in [0.3, 0.4) is 0 Å². The quantitative estimate of drug-likeness (QED) is 0.665. The van der Waals surface area contributed by atoms with Gasteiger partial charge in [0.05, 0.1) is 11.4 Å². The summed E-state index contributed by atoms with van der Waals surface area (Å²) in [6.45, 7) is 3.88. The number of thiophene rings is 1. The van der Waals surface area contributed by atoms with Crippen LogP contribution in [0.2, 0.25) is 0 Å². The van der Waals surface area contributed by atoms with Gasteiger partial charge in [-0.25, -0.2) is 0 Å². The molecule has 0 saturated carbocycles. The summed E-state index contributed by atoms with van der Waals surface area (Å²) in [7, 11) is 0. The van der Waals surface area contributed by atoms with Crippen LogP contribution in [0.15, 0.2) is 52.4 Å². The molecule has 27 heavy (non-hydrogen) atoms. The third-order valence-electron chi connectivity index (χ3n) is 4.46. The van der Waals surface area contributed by atoms with E-state index in [0.717, 1.165) is 43.0 Å². The first-order valence-corrected chi connectivity index (χ1v) is 9.61. The van der Waals surface area contributed by atoms with E-state index in [0.29, 0.717) is 18.3 Å². The largest absolute Gasteiger partial charge is 0.337 e. The average Bonchev–Trinajstić information content (AvgIpc) is 3.31. The molecule has 0 atom stereocenters. The molecular weight excluding hydrogens is 384 g/mol. The summed E-state index contributed by atoms with van der Waals surface area (Å²) in [4.78, 5) is 22.0. The van der Waals surface area contributed by atoms with E-state index >= 15 is 0 Å². The lowest BCUT2D eigenvalue weighted by Crippen LogP contribution is -2.34. The Morgan fingerprint density at radius 1 is 1.07 bits per heavy atom. The van der Waals surface area contributed by atoms with Crippen LogP contribution in [0.4, 0.5) is 0 Å². The van der Waals surface area contributed by atoms with Gasteiger partial charge in [0.2, 0.25) is 0 Å². The van der Waals surface area contributed by atoms with Gasteiger partial charge in [-0.05, 0) is 30.0 Å². The summed E-state index contributed by atoms with van der Waals surface area (Å²) < 4.78 is 5.38. The zero-order valence-electron chi connectivity index (χ0n) is 14.8. The molecule has 1 aliphatic heterocycles. The van der Waals surface area contributed by atoms with Crippen LogP contribution in [0, 0.1) is 0 Å². The Balaban J connectivity index is 0.00000210. The topological polar surface area (TPSA) is 62.5 Å². The van der Waals surface area contributed by atoms with Crippen LogP contribution in [-0.2, 0) is 6.54 Å². The van der Waals surface area contributed by atoms with Gasteiger partial charge in [0.15, 0.2) is 5.82 Å². The van der Waals surface area contributed by atoms with Crippen molar-refractivity contribution < 1.29 is 9.32 Å². The number of rotatable bonds is 4. The summed E-state index contributed by atoms with van der Waals surface area (Å²) in [5.74, 6) is 1.36. The zero-order chi connectivity index (χ0) is 17.8. The average molecular weight is 405 g/mol. The molecule has 6 nitrogen and oxygen atoms in total. The predicted molar refractivity (Wildman–Crippen MR) is 107 cm³/mol. The Bertz CT molecular complexity index is 854. The van der Waals surface area contributed by atoms with Crippen molar-refractivity contribution in [2.75, 3.05) is 26.2 Å². The summed E-state index contributed by atoms with van der Waals surface area (Å²) in [5.41, 5.74) is 0.926. The van der Waals surface area contributed by atoms with E-state index in [1.165, 1.54) is 11.3 Å². The molecule has 0 aliphatic carbocycles. The monoisotopic (exact) mass is 404 g/mol. The highest BCUT2D eigenvalue weighted by molar-refractivity contribution is 7.12. The fourth-order valence-corrected chi connectivity index (χ4v) is 3.80. The van der Waals surface area contributed by atoms with Gasteiger partial charge in [-0.2, -0.15) is 4.98 Å². The van der Waals surface area contributed by atoms with Crippen LogP contribution in [0.5, 0.6) is 0 Å². The number of aromatic nitrogens is 2. The van der Waals surface area contributed by atoms with Gasteiger partial charge >= 0.3 is 0 Å². The van der Waals surface area contributed by atoms with Gasteiger partial charge in [0.25, 0.3) is 11.8 Å². The summed E-state index contributed by atoms with van der Waals surface area (Å²) in [5, 5.41) is 6.05. The highest BCUT2D eigenvalue weighted by atomic mass is 35.5. The normalized spacial score (nSPS) is 15.2. The standard InChI is InChI=1S/C19H20N4O2S.ClH/c24-19(16-8-4-13-26-16)23-10-5-9-22(11-12-23)14-17-20-18(25-21-17)15-6-2-1-3-7-15;/h1-4,6-8,13H,5,9-12,14H2;1H. The maximum absolute atomic E-state index is 12.5. The van der Waals surface area contributed by atoms with Gasteiger partial charge in [0.1, 0.15) is 0 Å². The lowest BCUT2D eigenvalue weighted by molar-refractivity contribution is 0.0766. The first-order chi connectivity index (χ1) is 12.8. The van der Waals surface area contributed by atoms with E-state index in [-0.39, 0.29) is 18.3 Å². The molecule has 3 aromatic rings. The fourth-order valence-electron chi connectivity index (χ4n) is 3.10. The first kappa shape index (κ1) is 19.5. The molecule has 2 aromatic heterocycles. The molecule has 1 saturated heterocycles. The van der Waals surface area contributed by atoms with E-state index in [4.69, 9.17) is 4.52 Å². The number of halogens is 1. The minimum Gasteiger partial charge on any atom is -0.337 e. The van der Waals surface area contributed by atoms with E-state index in [1.54, 1.807) is 0 Å². The molecular formula is C19H21ClN4O2S.